The van der Waals surface area contributed by atoms with Crippen molar-refractivity contribution < 1.29 is 36.2 Å². The lowest BCUT2D eigenvalue weighted by Crippen LogP contribution is -2.50. The number of rotatable bonds is 6. The van der Waals surface area contributed by atoms with Crippen molar-refractivity contribution in [2.45, 2.75) is 0 Å². The number of halogens is 5. The molecule has 0 N–H and O–H groups in total. The normalized spacial score (nSPS) is 16.0. The third-order valence-electron chi connectivity index (χ3n) is 6.61. The van der Waals surface area contributed by atoms with E-state index in [1.807, 2.05) is 35.2 Å². The summed E-state index contributed by atoms with van der Waals surface area (Å²) in [6.45, 7) is 3.39. The molecule has 13 heteroatoms. The van der Waals surface area contributed by atoms with Crippen molar-refractivity contribution in [3.8, 4) is 17.0 Å². The van der Waals surface area contributed by atoms with E-state index in [1.54, 1.807) is 6.20 Å². The maximum atomic E-state index is 13.8. The average molecular weight is 550 g/mol. The first-order valence-electron chi connectivity index (χ1n) is 12.3. The standard InChI is InChI=1S/C26H24F5N5O3/c27-20-21(28)23(30)25(24(31)22(20)29)39-15-19(37)35-7-9-36(10-8-35)26-32-6-5-18(33-26)16-1-3-17(4-2-16)34-11-13-38-14-12-34/h1-6H,7-15H2. The van der Waals surface area contributed by atoms with Crippen molar-refractivity contribution >= 4 is 17.5 Å². The largest absolute Gasteiger partial charge is 0.477 e. The molecule has 3 heterocycles. The molecule has 0 bridgehead atoms. The molecule has 5 rings (SSSR count). The molecule has 0 radical (unpaired) electrons. The van der Waals surface area contributed by atoms with E-state index in [1.165, 1.54) is 4.90 Å². The van der Waals surface area contributed by atoms with Gasteiger partial charge < -0.3 is 24.2 Å². The first-order valence-corrected chi connectivity index (χ1v) is 12.3. The highest BCUT2D eigenvalue weighted by Gasteiger charge is 2.29. The fourth-order valence-electron chi connectivity index (χ4n) is 4.42. The predicted molar refractivity (Wildman–Crippen MR) is 131 cm³/mol. The second-order valence-electron chi connectivity index (χ2n) is 8.94. The minimum Gasteiger partial charge on any atom is -0.477 e. The number of anilines is 2. The summed E-state index contributed by atoms with van der Waals surface area (Å²) in [4.78, 5) is 27.0. The van der Waals surface area contributed by atoms with Crippen LogP contribution in [0.5, 0.6) is 5.75 Å². The number of piperazine rings is 1. The van der Waals surface area contributed by atoms with Crippen molar-refractivity contribution in [2.75, 3.05) is 68.9 Å². The SMILES string of the molecule is O=C(COc1c(F)c(F)c(F)c(F)c1F)N1CCN(c2nccc(-c3ccc(N4CCOCC4)cc3)n2)CC1. The van der Waals surface area contributed by atoms with Crippen LogP contribution in [-0.2, 0) is 9.53 Å². The molecule has 206 valence electrons. The Kier molecular flexibility index (Phi) is 7.77. The second-order valence-corrected chi connectivity index (χ2v) is 8.94. The quantitative estimate of drug-likeness (QED) is 0.265. The van der Waals surface area contributed by atoms with Crippen molar-refractivity contribution in [2.24, 2.45) is 0 Å². The van der Waals surface area contributed by atoms with Crippen LogP contribution in [0.2, 0.25) is 0 Å². The van der Waals surface area contributed by atoms with Crippen LogP contribution in [0.15, 0.2) is 36.5 Å². The van der Waals surface area contributed by atoms with Gasteiger partial charge in [0.15, 0.2) is 12.4 Å². The van der Waals surface area contributed by atoms with E-state index in [4.69, 9.17) is 4.74 Å². The number of ether oxygens (including phenoxy) is 2. The molecule has 0 unspecified atom stereocenters. The molecule has 3 aromatic rings. The monoisotopic (exact) mass is 549 g/mol. The summed E-state index contributed by atoms with van der Waals surface area (Å²) in [5.41, 5.74) is 2.78. The molecule has 0 atom stereocenters. The lowest BCUT2D eigenvalue weighted by atomic mass is 10.1. The van der Waals surface area contributed by atoms with Gasteiger partial charge in [-0.15, -0.1) is 0 Å². The Bertz CT molecular complexity index is 1320. The summed E-state index contributed by atoms with van der Waals surface area (Å²) in [6, 6.07) is 9.89. The highest BCUT2D eigenvalue weighted by Crippen LogP contribution is 2.29. The van der Waals surface area contributed by atoms with Crippen LogP contribution in [0.3, 0.4) is 0 Å². The lowest BCUT2D eigenvalue weighted by molar-refractivity contribution is -0.133. The van der Waals surface area contributed by atoms with Crippen LogP contribution in [-0.4, -0.2) is 79.9 Å². The number of carbonyl (C=O) groups is 1. The first-order chi connectivity index (χ1) is 18.8. The van der Waals surface area contributed by atoms with E-state index in [0.29, 0.717) is 32.3 Å². The number of morpholine rings is 1. The molecule has 2 aromatic carbocycles. The van der Waals surface area contributed by atoms with E-state index >= 15 is 0 Å². The Balaban J connectivity index is 1.18. The van der Waals surface area contributed by atoms with Crippen molar-refractivity contribution in [3.05, 3.63) is 65.6 Å². The van der Waals surface area contributed by atoms with Crippen LogP contribution in [0.4, 0.5) is 33.6 Å². The lowest BCUT2D eigenvalue weighted by Gasteiger charge is -2.34. The van der Waals surface area contributed by atoms with Gasteiger partial charge in [-0.3, -0.25) is 4.79 Å². The Labute approximate surface area is 220 Å². The van der Waals surface area contributed by atoms with Gasteiger partial charge in [-0.1, -0.05) is 12.1 Å². The molecule has 1 amide bonds. The molecule has 8 nitrogen and oxygen atoms in total. The van der Waals surface area contributed by atoms with Gasteiger partial charge in [0.1, 0.15) is 0 Å². The zero-order valence-electron chi connectivity index (χ0n) is 20.7. The number of hydrogen-bond donors (Lipinski definition) is 0. The molecule has 0 aliphatic carbocycles. The van der Waals surface area contributed by atoms with Crippen molar-refractivity contribution in [1.29, 1.82) is 0 Å². The molecule has 2 saturated heterocycles. The van der Waals surface area contributed by atoms with E-state index in [2.05, 4.69) is 19.6 Å². The van der Waals surface area contributed by atoms with Gasteiger partial charge in [0.25, 0.3) is 5.91 Å². The molecule has 2 fully saturated rings. The van der Waals surface area contributed by atoms with Crippen LogP contribution in [0.25, 0.3) is 11.3 Å². The number of benzene rings is 2. The first kappa shape index (κ1) is 26.6. The summed E-state index contributed by atoms with van der Waals surface area (Å²) in [5, 5.41) is 0. The Morgan fingerprint density at radius 2 is 1.41 bits per heavy atom. The minimum absolute atomic E-state index is 0.223. The maximum absolute atomic E-state index is 13.8. The number of amides is 1. The fraction of sp³-hybridized carbons (Fsp3) is 0.346. The van der Waals surface area contributed by atoms with Gasteiger partial charge in [-0.25, -0.2) is 23.1 Å². The maximum Gasteiger partial charge on any atom is 0.260 e. The highest BCUT2D eigenvalue weighted by molar-refractivity contribution is 5.78. The summed E-state index contributed by atoms with van der Waals surface area (Å²) in [5.74, 6) is -12.5. The Hall–Kier alpha value is -4.00. The zero-order chi connectivity index (χ0) is 27.5. The van der Waals surface area contributed by atoms with Crippen LogP contribution < -0.4 is 14.5 Å². The fourth-order valence-corrected chi connectivity index (χ4v) is 4.42. The molecular weight excluding hydrogens is 525 g/mol. The van der Waals surface area contributed by atoms with E-state index < -0.39 is 47.3 Å². The van der Waals surface area contributed by atoms with E-state index in [9.17, 15) is 26.7 Å². The van der Waals surface area contributed by atoms with Gasteiger partial charge in [-0.2, -0.15) is 8.78 Å². The summed E-state index contributed by atoms with van der Waals surface area (Å²) >= 11 is 0. The number of nitrogens with zero attached hydrogens (tertiary/aromatic N) is 5. The summed E-state index contributed by atoms with van der Waals surface area (Å²) in [6.07, 6.45) is 1.66. The number of carbonyl (C=O) groups excluding carboxylic acids is 1. The summed E-state index contributed by atoms with van der Waals surface area (Å²) < 4.78 is 77.6. The molecule has 0 spiro atoms. The van der Waals surface area contributed by atoms with Crippen LogP contribution in [0.1, 0.15) is 0 Å². The van der Waals surface area contributed by atoms with Gasteiger partial charge in [0.05, 0.1) is 18.9 Å². The number of hydrogen-bond acceptors (Lipinski definition) is 7. The van der Waals surface area contributed by atoms with Crippen LogP contribution >= 0.6 is 0 Å². The molecule has 0 saturated carbocycles. The van der Waals surface area contributed by atoms with Gasteiger partial charge in [0.2, 0.25) is 35.0 Å². The average Bonchev–Trinajstić information content (AvgIpc) is 2.99. The predicted octanol–water partition coefficient (Wildman–Crippen LogP) is 3.40. The zero-order valence-corrected chi connectivity index (χ0v) is 20.7. The third kappa shape index (κ3) is 5.58. The number of aromatic nitrogens is 2. The van der Waals surface area contributed by atoms with Crippen molar-refractivity contribution in [1.82, 2.24) is 14.9 Å². The summed E-state index contributed by atoms with van der Waals surface area (Å²) in [7, 11) is 0. The van der Waals surface area contributed by atoms with Gasteiger partial charge in [-0.05, 0) is 18.2 Å². The van der Waals surface area contributed by atoms with Gasteiger partial charge >= 0.3 is 0 Å². The molecule has 1 aromatic heterocycles. The van der Waals surface area contributed by atoms with Gasteiger partial charge in [0, 0.05) is 56.7 Å². The van der Waals surface area contributed by atoms with E-state index in [-0.39, 0.29) is 13.1 Å². The smallest absolute Gasteiger partial charge is 0.260 e. The third-order valence-corrected chi connectivity index (χ3v) is 6.61. The minimum atomic E-state index is -2.30. The highest BCUT2D eigenvalue weighted by atomic mass is 19.2. The topological polar surface area (TPSA) is 71.0 Å². The van der Waals surface area contributed by atoms with Crippen molar-refractivity contribution in [3.63, 3.8) is 0 Å². The Morgan fingerprint density at radius 1 is 0.795 bits per heavy atom. The Morgan fingerprint density at radius 3 is 2.05 bits per heavy atom. The molecular formula is C26H24F5N5O3. The molecule has 2 aliphatic heterocycles. The van der Waals surface area contributed by atoms with Crippen LogP contribution in [0, 0.1) is 29.1 Å². The van der Waals surface area contributed by atoms with E-state index in [0.717, 1.165) is 30.0 Å². The molecule has 2 aliphatic rings. The molecule has 39 heavy (non-hydrogen) atoms. The second kappa shape index (κ2) is 11.4.